The SMILES string of the molecule is CN1CCN(C(=O)CNCc2nccc3c(=O)[nH]c(COc4ccc(F)c(Cl)c4)nc23)CC1. The second kappa shape index (κ2) is 10.2. The molecule has 174 valence electrons. The number of aromatic nitrogens is 3. The highest BCUT2D eigenvalue weighted by Crippen LogP contribution is 2.21. The lowest BCUT2D eigenvalue weighted by Gasteiger charge is -2.32. The van der Waals surface area contributed by atoms with Crippen LogP contribution in [0.25, 0.3) is 10.9 Å². The molecule has 9 nitrogen and oxygen atoms in total. The number of carbonyl (C=O) groups is 1. The van der Waals surface area contributed by atoms with Crippen LogP contribution in [0.2, 0.25) is 5.02 Å². The Kier molecular flexibility index (Phi) is 7.17. The Labute approximate surface area is 194 Å². The highest BCUT2D eigenvalue weighted by Gasteiger charge is 2.18. The summed E-state index contributed by atoms with van der Waals surface area (Å²) in [6, 6.07) is 5.58. The Hall–Kier alpha value is -3.08. The number of piperazine rings is 1. The zero-order valence-corrected chi connectivity index (χ0v) is 18.9. The van der Waals surface area contributed by atoms with E-state index in [1.807, 2.05) is 11.9 Å². The van der Waals surface area contributed by atoms with Crippen molar-refractivity contribution in [2.24, 2.45) is 0 Å². The van der Waals surface area contributed by atoms with Crippen LogP contribution in [0.1, 0.15) is 11.5 Å². The summed E-state index contributed by atoms with van der Waals surface area (Å²) < 4.78 is 18.9. The lowest BCUT2D eigenvalue weighted by atomic mass is 10.2. The summed E-state index contributed by atoms with van der Waals surface area (Å²) in [5.74, 6) is 0.118. The zero-order valence-electron chi connectivity index (χ0n) is 18.1. The number of benzene rings is 1. The molecule has 2 N–H and O–H groups in total. The Balaban J connectivity index is 1.43. The van der Waals surface area contributed by atoms with Crippen molar-refractivity contribution in [3.63, 3.8) is 0 Å². The topological polar surface area (TPSA) is 103 Å². The molecule has 0 atom stereocenters. The summed E-state index contributed by atoms with van der Waals surface area (Å²) in [6.45, 7) is 3.55. The van der Waals surface area contributed by atoms with Crippen molar-refractivity contribution in [2.45, 2.75) is 13.2 Å². The van der Waals surface area contributed by atoms with Crippen molar-refractivity contribution in [2.75, 3.05) is 39.8 Å². The Bertz CT molecular complexity index is 1210. The van der Waals surface area contributed by atoms with Crippen LogP contribution in [0.3, 0.4) is 0 Å². The molecule has 11 heteroatoms. The van der Waals surface area contributed by atoms with Crippen LogP contribution in [0.5, 0.6) is 5.75 Å². The number of hydrogen-bond donors (Lipinski definition) is 2. The van der Waals surface area contributed by atoms with Gasteiger partial charge < -0.3 is 24.8 Å². The molecule has 3 heterocycles. The van der Waals surface area contributed by atoms with Crippen molar-refractivity contribution in [3.8, 4) is 5.75 Å². The third-order valence-corrected chi connectivity index (χ3v) is 5.73. The van der Waals surface area contributed by atoms with Crippen LogP contribution in [0.4, 0.5) is 4.39 Å². The van der Waals surface area contributed by atoms with E-state index in [4.69, 9.17) is 16.3 Å². The number of hydrogen-bond acceptors (Lipinski definition) is 7. The van der Waals surface area contributed by atoms with E-state index in [2.05, 4.69) is 25.2 Å². The van der Waals surface area contributed by atoms with Crippen LogP contribution in [0, 0.1) is 5.82 Å². The van der Waals surface area contributed by atoms with E-state index in [1.54, 1.807) is 6.07 Å². The van der Waals surface area contributed by atoms with Crippen LogP contribution in [-0.4, -0.2) is 70.4 Å². The highest BCUT2D eigenvalue weighted by molar-refractivity contribution is 6.30. The largest absolute Gasteiger partial charge is 0.486 e. The number of pyridine rings is 1. The van der Waals surface area contributed by atoms with Crippen molar-refractivity contribution in [1.29, 1.82) is 0 Å². The summed E-state index contributed by atoms with van der Waals surface area (Å²) in [5, 5.41) is 3.44. The summed E-state index contributed by atoms with van der Waals surface area (Å²) >= 11 is 5.77. The minimum atomic E-state index is -0.546. The second-order valence-corrected chi connectivity index (χ2v) is 8.23. The fourth-order valence-corrected chi connectivity index (χ4v) is 3.71. The van der Waals surface area contributed by atoms with Crippen LogP contribution < -0.4 is 15.6 Å². The first-order chi connectivity index (χ1) is 15.9. The molecule has 0 unspecified atom stereocenters. The number of rotatable bonds is 7. The van der Waals surface area contributed by atoms with Gasteiger partial charge in [-0.15, -0.1) is 0 Å². The lowest BCUT2D eigenvalue weighted by molar-refractivity contribution is -0.131. The maximum absolute atomic E-state index is 13.3. The molecule has 3 aromatic rings. The average Bonchev–Trinajstić information content (AvgIpc) is 2.80. The number of fused-ring (bicyclic) bond motifs is 1. The number of halogens is 2. The van der Waals surface area contributed by atoms with Gasteiger partial charge in [0.05, 0.1) is 22.6 Å². The van der Waals surface area contributed by atoms with E-state index < -0.39 is 5.82 Å². The number of ether oxygens (including phenoxy) is 1. The van der Waals surface area contributed by atoms with Gasteiger partial charge in [-0.05, 0) is 25.2 Å². The molecule has 0 radical (unpaired) electrons. The predicted octanol–water partition coefficient (Wildman–Crippen LogP) is 1.55. The normalized spacial score (nSPS) is 14.6. The number of aromatic amines is 1. The van der Waals surface area contributed by atoms with Crippen LogP contribution in [0.15, 0.2) is 35.3 Å². The fraction of sp³-hybridized carbons (Fsp3) is 0.364. The molecular weight excluding hydrogens is 451 g/mol. The molecular formula is C22H24ClFN6O3. The number of H-pyrrole nitrogens is 1. The minimum Gasteiger partial charge on any atom is -0.486 e. The smallest absolute Gasteiger partial charge is 0.258 e. The maximum atomic E-state index is 13.3. The number of amides is 1. The fourth-order valence-electron chi connectivity index (χ4n) is 3.54. The van der Waals surface area contributed by atoms with Gasteiger partial charge in [0.2, 0.25) is 5.91 Å². The zero-order chi connectivity index (χ0) is 23.4. The molecule has 0 bridgehead atoms. The summed E-state index contributed by atoms with van der Waals surface area (Å²) in [7, 11) is 2.04. The Morgan fingerprint density at radius 2 is 2.06 bits per heavy atom. The van der Waals surface area contributed by atoms with Gasteiger partial charge in [0.15, 0.2) is 0 Å². The van der Waals surface area contributed by atoms with Gasteiger partial charge in [-0.25, -0.2) is 9.37 Å². The van der Waals surface area contributed by atoms with Gasteiger partial charge in [0.1, 0.15) is 29.5 Å². The minimum absolute atomic E-state index is 0.0289. The monoisotopic (exact) mass is 474 g/mol. The summed E-state index contributed by atoms with van der Waals surface area (Å²) in [6.07, 6.45) is 1.54. The van der Waals surface area contributed by atoms with Gasteiger partial charge in [0, 0.05) is 45.0 Å². The summed E-state index contributed by atoms with van der Waals surface area (Å²) in [4.78, 5) is 40.5. The van der Waals surface area contributed by atoms with Gasteiger partial charge in [-0.1, -0.05) is 11.6 Å². The van der Waals surface area contributed by atoms with Crippen molar-refractivity contribution < 1.29 is 13.9 Å². The molecule has 0 spiro atoms. The van der Waals surface area contributed by atoms with Crippen molar-refractivity contribution >= 4 is 28.4 Å². The van der Waals surface area contributed by atoms with E-state index in [0.717, 1.165) is 13.1 Å². The van der Waals surface area contributed by atoms with E-state index in [-0.39, 0.29) is 42.0 Å². The van der Waals surface area contributed by atoms with Gasteiger partial charge in [0.25, 0.3) is 5.56 Å². The molecule has 1 aliphatic rings. The number of nitrogens with one attached hydrogen (secondary N) is 2. The highest BCUT2D eigenvalue weighted by atomic mass is 35.5. The van der Waals surface area contributed by atoms with Crippen molar-refractivity contribution in [1.82, 2.24) is 30.1 Å². The first kappa shape index (κ1) is 23.1. The summed E-state index contributed by atoms with van der Waals surface area (Å²) in [5.41, 5.74) is 0.653. The quantitative estimate of drug-likeness (QED) is 0.535. The molecule has 1 aromatic carbocycles. The third-order valence-electron chi connectivity index (χ3n) is 5.44. The number of nitrogens with zero attached hydrogens (tertiary/aromatic N) is 4. The van der Waals surface area contributed by atoms with E-state index in [0.29, 0.717) is 35.4 Å². The molecule has 1 amide bonds. The molecule has 1 aliphatic heterocycles. The van der Waals surface area contributed by atoms with E-state index >= 15 is 0 Å². The van der Waals surface area contributed by atoms with Gasteiger partial charge in [-0.3, -0.25) is 14.6 Å². The van der Waals surface area contributed by atoms with Crippen LogP contribution >= 0.6 is 11.6 Å². The lowest BCUT2D eigenvalue weighted by Crippen LogP contribution is -2.49. The standard InChI is InChI=1S/C22H24ClFN6O3/c1-29-6-8-30(9-7-29)20(31)12-25-11-18-21-15(4-5-26-18)22(32)28-19(27-21)13-33-14-2-3-17(24)16(23)10-14/h2-5,10,25H,6-9,11-13H2,1H3,(H,27,28,32). The first-order valence-electron chi connectivity index (χ1n) is 10.5. The first-order valence-corrected chi connectivity index (χ1v) is 10.9. The molecule has 4 rings (SSSR count). The number of likely N-dealkylation sites (N-methyl/N-ethyl adjacent to an activating group) is 1. The molecule has 1 saturated heterocycles. The van der Waals surface area contributed by atoms with E-state index in [1.165, 1.54) is 24.4 Å². The average molecular weight is 475 g/mol. The molecule has 33 heavy (non-hydrogen) atoms. The predicted molar refractivity (Wildman–Crippen MR) is 122 cm³/mol. The maximum Gasteiger partial charge on any atom is 0.258 e. The third kappa shape index (κ3) is 5.65. The molecule has 2 aromatic heterocycles. The van der Waals surface area contributed by atoms with Crippen LogP contribution in [-0.2, 0) is 17.9 Å². The molecule has 0 saturated carbocycles. The Morgan fingerprint density at radius 1 is 1.27 bits per heavy atom. The second-order valence-electron chi connectivity index (χ2n) is 7.82. The van der Waals surface area contributed by atoms with Crippen molar-refractivity contribution in [3.05, 3.63) is 63.2 Å². The molecule has 1 fully saturated rings. The number of carbonyl (C=O) groups excluding carboxylic acids is 1. The van der Waals surface area contributed by atoms with E-state index in [9.17, 15) is 14.0 Å². The molecule has 0 aliphatic carbocycles. The Morgan fingerprint density at radius 3 is 2.82 bits per heavy atom. The van der Waals surface area contributed by atoms with Gasteiger partial charge in [-0.2, -0.15) is 0 Å². The van der Waals surface area contributed by atoms with Gasteiger partial charge >= 0.3 is 0 Å².